The maximum absolute atomic E-state index is 13.1. The zero-order valence-corrected chi connectivity index (χ0v) is 19.3. The van der Waals surface area contributed by atoms with Crippen molar-refractivity contribution < 1.29 is 27.5 Å². The lowest BCUT2D eigenvalue weighted by Crippen LogP contribution is -2.45. The Morgan fingerprint density at radius 3 is 2.66 bits per heavy atom. The van der Waals surface area contributed by atoms with Gasteiger partial charge in [-0.05, 0) is 60.9 Å². The van der Waals surface area contributed by atoms with Gasteiger partial charge in [0.15, 0.2) is 0 Å². The molecule has 3 fully saturated rings. The highest BCUT2D eigenvalue weighted by Crippen LogP contribution is 2.54. The lowest BCUT2D eigenvalue weighted by molar-refractivity contribution is -0.144. The van der Waals surface area contributed by atoms with Gasteiger partial charge in [-0.2, -0.15) is 13.2 Å². The standard InChI is InChI=1S/C28H26F3NO3/c1-15-10-22(33)12-19-13-24-26(16(2)35-27(24)34)23(25(15)19)9-8-21-7-6-18(14-32-21)17-4-3-5-20(11-17)28(29,30)31/h3-9,11,14,16,19,23-26H,1,10,12-13H2,2H3/b9-8+/t16-,19+,23+,24-,25?,26+/m1/s1. The summed E-state index contributed by atoms with van der Waals surface area (Å²) in [6.45, 7) is 6.12. The monoisotopic (exact) mass is 481 g/mol. The summed E-state index contributed by atoms with van der Waals surface area (Å²) >= 11 is 0. The van der Waals surface area contributed by atoms with Crippen LogP contribution in [0.2, 0.25) is 0 Å². The average molecular weight is 482 g/mol. The number of benzene rings is 1. The van der Waals surface area contributed by atoms with E-state index >= 15 is 0 Å². The Kier molecular flexibility index (Phi) is 5.90. The second-order valence-corrected chi connectivity index (χ2v) is 9.91. The van der Waals surface area contributed by atoms with Gasteiger partial charge < -0.3 is 4.74 Å². The first kappa shape index (κ1) is 23.5. The Morgan fingerprint density at radius 2 is 1.94 bits per heavy atom. The van der Waals surface area contributed by atoms with E-state index in [1.54, 1.807) is 24.4 Å². The number of aromatic nitrogens is 1. The molecule has 2 heterocycles. The molecule has 182 valence electrons. The normalized spacial score (nSPS) is 30.8. The van der Waals surface area contributed by atoms with Crippen molar-refractivity contribution in [1.29, 1.82) is 0 Å². The molecular weight excluding hydrogens is 455 g/mol. The number of cyclic esters (lactones) is 1. The molecule has 0 bridgehead atoms. The summed E-state index contributed by atoms with van der Waals surface area (Å²) in [6, 6.07) is 8.68. The number of halogens is 3. The Balaban J connectivity index is 1.41. The van der Waals surface area contributed by atoms with Crippen molar-refractivity contribution in [2.24, 2.45) is 29.6 Å². The van der Waals surface area contributed by atoms with E-state index in [4.69, 9.17) is 4.74 Å². The van der Waals surface area contributed by atoms with E-state index < -0.39 is 11.7 Å². The van der Waals surface area contributed by atoms with Crippen LogP contribution in [0.3, 0.4) is 0 Å². The molecule has 1 aliphatic heterocycles. The molecule has 0 amide bonds. The average Bonchev–Trinajstić information content (AvgIpc) is 3.09. The van der Waals surface area contributed by atoms with Gasteiger partial charge in [0.25, 0.3) is 0 Å². The summed E-state index contributed by atoms with van der Waals surface area (Å²) in [5, 5.41) is 0. The summed E-state index contributed by atoms with van der Waals surface area (Å²) in [7, 11) is 0. The molecular formula is C28H26F3NO3. The highest BCUT2D eigenvalue weighted by molar-refractivity contribution is 5.83. The fourth-order valence-electron chi connectivity index (χ4n) is 6.25. The third-order valence-corrected chi connectivity index (χ3v) is 7.72. The maximum atomic E-state index is 13.1. The zero-order chi connectivity index (χ0) is 24.9. The largest absolute Gasteiger partial charge is 0.462 e. The van der Waals surface area contributed by atoms with Crippen molar-refractivity contribution in [2.75, 3.05) is 0 Å². The number of esters is 1. The smallest absolute Gasteiger partial charge is 0.416 e. The summed E-state index contributed by atoms with van der Waals surface area (Å²) in [5.74, 6) is -0.0635. The maximum Gasteiger partial charge on any atom is 0.416 e. The molecule has 2 aliphatic carbocycles. The lowest BCUT2D eigenvalue weighted by atomic mass is 9.56. The number of Topliss-reactive ketones (excluding diaryl/α,β-unsaturated/α-hetero) is 1. The van der Waals surface area contributed by atoms with Gasteiger partial charge in [-0.25, -0.2) is 0 Å². The van der Waals surface area contributed by atoms with Gasteiger partial charge in [-0.15, -0.1) is 0 Å². The van der Waals surface area contributed by atoms with Crippen molar-refractivity contribution in [3.63, 3.8) is 0 Å². The van der Waals surface area contributed by atoms with E-state index in [1.807, 2.05) is 13.0 Å². The van der Waals surface area contributed by atoms with Gasteiger partial charge in [-0.3, -0.25) is 14.6 Å². The van der Waals surface area contributed by atoms with Gasteiger partial charge in [0, 0.05) is 30.5 Å². The fourth-order valence-corrected chi connectivity index (χ4v) is 6.25. The van der Waals surface area contributed by atoms with Crippen molar-refractivity contribution in [1.82, 2.24) is 4.98 Å². The molecule has 35 heavy (non-hydrogen) atoms. The van der Waals surface area contributed by atoms with E-state index in [2.05, 4.69) is 17.6 Å². The second-order valence-electron chi connectivity index (χ2n) is 9.91. The number of nitrogens with zero attached hydrogens (tertiary/aromatic N) is 1. The number of alkyl halides is 3. The quantitative estimate of drug-likeness (QED) is 0.391. The van der Waals surface area contributed by atoms with Crippen molar-refractivity contribution in [2.45, 2.75) is 38.5 Å². The summed E-state index contributed by atoms with van der Waals surface area (Å²) in [6.07, 6.45) is 2.36. The predicted molar refractivity (Wildman–Crippen MR) is 125 cm³/mol. The molecule has 0 N–H and O–H groups in total. The number of carbonyl (C=O) groups is 2. The summed E-state index contributed by atoms with van der Waals surface area (Å²) < 4.78 is 44.7. The van der Waals surface area contributed by atoms with Crippen LogP contribution in [-0.4, -0.2) is 22.8 Å². The lowest BCUT2D eigenvalue weighted by Gasteiger charge is -2.46. The van der Waals surface area contributed by atoms with Crippen LogP contribution in [0, 0.1) is 29.6 Å². The molecule has 7 heteroatoms. The van der Waals surface area contributed by atoms with Crippen LogP contribution in [-0.2, 0) is 20.5 Å². The molecule has 1 aromatic carbocycles. The third kappa shape index (κ3) is 4.44. The number of pyridine rings is 1. The summed E-state index contributed by atoms with van der Waals surface area (Å²) in [5.41, 5.74) is 1.91. The molecule has 1 aromatic heterocycles. The minimum Gasteiger partial charge on any atom is -0.462 e. The van der Waals surface area contributed by atoms with Gasteiger partial charge in [0.05, 0.1) is 17.2 Å². The first-order chi connectivity index (χ1) is 16.6. The molecule has 1 saturated heterocycles. The third-order valence-electron chi connectivity index (χ3n) is 7.72. The van der Waals surface area contributed by atoms with Crippen LogP contribution in [0.5, 0.6) is 0 Å². The molecule has 1 unspecified atom stereocenters. The number of ether oxygens (including phenoxy) is 1. The van der Waals surface area contributed by atoms with Crippen LogP contribution in [0.15, 0.2) is 60.8 Å². The number of carbonyl (C=O) groups excluding carboxylic acids is 2. The SMILES string of the molecule is C=C1CC(=O)C[C@H]2C[C@H]3C(=O)O[C@H](C)[C@H]3[C@@H](/C=C/c3ccc(-c4cccc(C(F)(F)F)c4)cn3)C12. The van der Waals surface area contributed by atoms with Gasteiger partial charge in [0.1, 0.15) is 11.9 Å². The number of hydrogen-bond donors (Lipinski definition) is 0. The van der Waals surface area contributed by atoms with Crippen molar-refractivity contribution in [3.05, 3.63) is 72.1 Å². The van der Waals surface area contributed by atoms with Crippen LogP contribution < -0.4 is 0 Å². The van der Waals surface area contributed by atoms with Crippen LogP contribution >= 0.6 is 0 Å². The van der Waals surface area contributed by atoms with Crippen molar-refractivity contribution >= 4 is 17.8 Å². The first-order valence-electron chi connectivity index (χ1n) is 11.8. The Morgan fingerprint density at radius 1 is 1.14 bits per heavy atom. The Hall–Kier alpha value is -3.22. The van der Waals surface area contributed by atoms with Crippen LogP contribution in [0.25, 0.3) is 17.2 Å². The van der Waals surface area contributed by atoms with E-state index in [9.17, 15) is 22.8 Å². The molecule has 0 radical (unpaired) electrons. The number of allylic oxidation sites excluding steroid dienone is 2. The topological polar surface area (TPSA) is 56.3 Å². The van der Waals surface area contributed by atoms with E-state index in [0.29, 0.717) is 36.1 Å². The molecule has 4 nitrogen and oxygen atoms in total. The molecule has 3 aliphatic rings. The number of rotatable bonds is 3. The van der Waals surface area contributed by atoms with Gasteiger partial charge in [0.2, 0.25) is 0 Å². The van der Waals surface area contributed by atoms with Crippen molar-refractivity contribution in [3.8, 4) is 11.1 Å². The molecule has 2 aromatic rings. The van der Waals surface area contributed by atoms with Crippen LogP contribution in [0.4, 0.5) is 13.2 Å². The number of hydrogen-bond acceptors (Lipinski definition) is 4. The van der Waals surface area contributed by atoms with Gasteiger partial charge >= 0.3 is 12.1 Å². The minimum absolute atomic E-state index is 0.00857. The molecule has 0 spiro atoms. The first-order valence-corrected chi connectivity index (χ1v) is 11.8. The van der Waals surface area contributed by atoms with E-state index in [-0.39, 0.29) is 47.4 Å². The number of ketones is 1. The molecule has 2 saturated carbocycles. The minimum atomic E-state index is -4.40. The zero-order valence-electron chi connectivity index (χ0n) is 19.3. The molecule has 5 rings (SSSR count). The van der Waals surface area contributed by atoms with Crippen LogP contribution in [0.1, 0.15) is 37.4 Å². The number of fused-ring (bicyclic) bond motifs is 2. The van der Waals surface area contributed by atoms with Gasteiger partial charge in [-0.1, -0.05) is 36.4 Å². The summed E-state index contributed by atoms with van der Waals surface area (Å²) in [4.78, 5) is 29.2. The van der Waals surface area contributed by atoms with E-state index in [1.165, 1.54) is 6.07 Å². The second kappa shape index (κ2) is 8.77. The Labute approximate surface area is 201 Å². The predicted octanol–water partition coefficient (Wildman–Crippen LogP) is 6.13. The fraction of sp³-hybridized carbons (Fsp3) is 0.393. The Bertz CT molecular complexity index is 1200. The van der Waals surface area contributed by atoms with E-state index in [0.717, 1.165) is 17.7 Å². The molecule has 6 atom stereocenters. The highest BCUT2D eigenvalue weighted by Gasteiger charge is 2.55. The highest BCUT2D eigenvalue weighted by atomic mass is 19.4.